The predicted molar refractivity (Wildman–Crippen MR) is 123 cm³/mol. The fourth-order valence-electron chi connectivity index (χ4n) is 4.81. The number of hydroxylamine groups is 1. The molecule has 1 fully saturated rings. The van der Waals surface area contributed by atoms with Gasteiger partial charge in [0.2, 0.25) is 0 Å². The van der Waals surface area contributed by atoms with E-state index in [1.165, 1.54) is 35.1 Å². The van der Waals surface area contributed by atoms with Crippen LogP contribution >= 0.6 is 11.3 Å². The monoisotopic (exact) mass is 502 g/mol. The summed E-state index contributed by atoms with van der Waals surface area (Å²) in [6, 6.07) is 9.91. The number of alkyl halides is 3. The van der Waals surface area contributed by atoms with Crippen molar-refractivity contribution in [1.82, 2.24) is 19.8 Å². The molecular formula is C24H21F3N4O3S. The number of pyridine rings is 1. The van der Waals surface area contributed by atoms with E-state index >= 15 is 0 Å². The first-order valence-corrected chi connectivity index (χ1v) is 11.8. The molecule has 3 aromatic heterocycles. The van der Waals surface area contributed by atoms with Crippen molar-refractivity contribution in [1.29, 1.82) is 0 Å². The zero-order valence-electron chi connectivity index (χ0n) is 18.6. The van der Waals surface area contributed by atoms with Crippen molar-refractivity contribution in [2.24, 2.45) is 0 Å². The highest BCUT2D eigenvalue weighted by molar-refractivity contribution is 7.10. The van der Waals surface area contributed by atoms with E-state index in [9.17, 15) is 18.0 Å². The van der Waals surface area contributed by atoms with Crippen LogP contribution in [0.1, 0.15) is 52.3 Å². The van der Waals surface area contributed by atoms with Gasteiger partial charge in [0, 0.05) is 28.6 Å². The molecule has 3 heterocycles. The number of halogens is 3. The van der Waals surface area contributed by atoms with Crippen molar-refractivity contribution < 1.29 is 27.9 Å². The van der Waals surface area contributed by atoms with Crippen LogP contribution in [0.3, 0.4) is 0 Å². The number of amides is 1. The summed E-state index contributed by atoms with van der Waals surface area (Å²) in [7, 11) is 1.44. The Morgan fingerprint density at radius 1 is 1.17 bits per heavy atom. The van der Waals surface area contributed by atoms with Crippen molar-refractivity contribution in [2.75, 3.05) is 7.11 Å². The van der Waals surface area contributed by atoms with Gasteiger partial charge in [-0.3, -0.25) is 14.4 Å². The van der Waals surface area contributed by atoms with Crippen molar-refractivity contribution in [3.8, 4) is 17.1 Å². The lowest BCUT2D eigenvalue weighted by Crippen LogP contribution is -2.24. The number of ether oxygens (including phenoxy) is 1. The molecule has 7 nitrogen and oxygen atoms in total. The Hall–Kier alpha value is -3.44. The lowest BCUT2D eigenvalue weighted by Gasteiger charge is -2.27. The molecule has 1 amide bonds. The minimum atomic E-state index is -4.66. The van der Waals surface area contributed by atoms with Gasteiger partial charge in [-0.2, -0.15) is 13.2 Å². The van der Waals surface area contributed by atoms with E-state index in [0.29, 0.717) is 11.3 Å². The number of benzene rings is 1. The molecule has 0 atom stereocenters. The third kappa shape index (κ3) is 3.94. The molecule has 35 heavy (non-hydrogen) atoms. The van der Waals surface area contributed by atoms with Crippen LogP contribution in [0.15, 0.2) is 48.0 Å². The lowest BCUT2D eigenvalue weighted by molar-refractivity contribution is -0.140. The zero-order chi connectivity index (χ0) is 24.8. The van der Waals surface area contributed by atoms with E-state index in [2.05, 4.69) is 4.98 Å². The maximum Gasteiger partial charge on any atom is 0.435 e. The van der Waals surface area contributed by atoms with Crippen LogP contribution in [-0.2, 0) is 11.6 Å². The van der Waals surface area contributed by atoms with Crippen molar-refractivity contribution in [2.45, 2.75) is 37.3 Å². The number of methoxy groups -OCH3 is 1. The van der Waals surface area contributed by atoms with Crippen molar-refractivity contribution in [3.05, 3.63) is 69.8 Å². The van der Waals surface area contributed by atoms with Crippen LogP contribution in [0.5, 0.6) is 5.75 Å². The van der Waals surface area contributed by atoms with Crippen molar-refractivity contribution >= 4 is 22.9 Å². The Kier molecular flexibility index (Phi) is 5.76. The van der Waals surface area contributed by atoms with E-state index in [0.717, 1.165) is 36.3 Å². The summed E-state index contributed by atoms with van der Waals surface area (Å²) >= 11 is 1.33. The largest absolute Gasteiger partial charge is 0.497 e. The summed E-state index contributed by atoms with van der Waals surface area (Å²) in [4.78, 5) is 20.3. The predicted octanol–water partition coefficient (Wildman–Crippen LogP) is 5.46. The van der Waals surface area contributed by atoms with Crippen LogP contribution in [-0.4, -0.2) is 32.6 Å². The maximum absolute atomic E-state index is 14.0. The number of rotatable bonds is 5. The number of imidazole rings is 1. The smallest absolute Gasteiger partial charge is 0.435 e. The fraction of sp³-hybridized carbons (Fsp3) is 0.292. The molecule has 0 radical (unpaired) electrons. The summed E-state index contributed by atoms with van der Waals surface area (Å²) in [6.07, 6.45) is 0.339. The Balaban J connectivity index is 1.62. The summed E-state index contributed by atoms with van der Waals surface area (Å²) in [5.74, 6) is -0.206. The SMILES string of the molecule is COc1ccn2c(-c3csc(C4(c5ccc(C(=O)NO)cc5)CCCC4)n3)c(C(F)(F)F)nc2c1. The van der Waals surface area contributed by atoms with E-state index < -0.39 is 23.2 Å². The van der Waals surface area contributed by atoms with Gasteiger partial charge >= 0.3 is 6.18 Å². The second kappa shape index (κ2) is 8.65. The molecule has 1 aliphatic rings. The van der Waals surface area contributed by atoms with E-state index in [1.54, 1.807) is 29.1 Å². The fourth-order valence-corrected chi connectivity index (χ4v) is 5.89. The number of aromatic nitrogens is 3. The molecule has 5 rings (SSSR count). The van der Waals surface area contributed by atoms with Gasteiger partial charge in [-0.15, -0.1) is 11.3 Å². The van der Waals surface area contributed by atoms with E-state index in [1.807, 2.05) is 12.1 Å². The standard InChI is InChI=1S/C24H21F3N4O3S/c1-34-16-8-11-31-18(12-16)29-20(24(25,26)27)19(31)17-13-35-22(28-17)23(9-2-3-10-23)15-6-4-14(5-7-15)21(32)30-33/h4-8,11-13,33H,2-3,9-10H2,1H3,(H,30,32). The van der Waals surface area contributed by atoms with Crippen LogP contribution in [0.4, 0.5) is 13.2 Å². The summed E-state index contributed by atoms with van der Waals surface area (Å²) < 4.78 is 48.4. The number of fused-ring (bicyclic) bond motifs is 1. The van der Waals surface area contributed by atoms with Gasteiger partial charge in [0.1, 0.15) is 27.8 Å². The molecule has 1 aliphatic carbocycles. The van der Waals surface area contributed by atoms with Gasteiger partial charge in [0.25, 0.3) is 5.91 Å². The topological polar surface area (TPSA) is 88.8 Å². The number of hydrogen-bond acceptors (Lipinski definition) is 6. The van der Waals surface area contributed by atoms with Crippen LogP contribution in [0.2, 0.25) is 0 Å². The second-order valence-electron chi connectivity index (χ2n) is 8.45. The van der Waals surface area contributed by atoms with Gasteiger partial charge in [0.05, 0.1) is 7.11 Å². The number of carbonyl (C=O) groups excluding carboxylic acids is 1. The van der Waals surface area contributed by atoms with Gasteiger partial charge in [-0.25, -0.2) is 15.4 Å². The number of hydrogen-bond donors (Lipinski definition) is 2. The molecular weight excluding hydrogens is 481 g/mol. The number of carbonyl (C=O) groups is 1. The van der Waals surface area contributed by atoms with Crippen LogP contribution in [0, 0.1) is 0 Å². The summed E-state index contributed by atoms with van der Waals surface area (Å²) in [6.45, 7) is 0. The van der Waals surface area contributed by atoms with Gasteiger partial charge in [-0.1, -0.05) is 25.0 Å². The third-order valence-corrected chi connectivity index (χ3v) is 7.56. The first kappa shape index (κ1) is 23.3. The zero-order valence-corrected chi connectivity index (χ0v) is 19.4. The molecule has 0 spiro atoms. The Morgan fingerprint density at radius 2 is 1.89 bits per heavy atom. The average molecular weight is 503 g/mol. The third-order valence-electron chi connectivity index (χ3n) is 6.52. The van der Waals surface area contributed by atoms with E-state index in [-0.39, 0.29) is 17.0 Å². The highest BCUT2D eigenvalue weighted by Crippen LogP contribution is 2.48. The first-order valence-electron chi connectivity index (χ1n) is 10.9. The Labute approximate surface area is 202 Å². The van der Waals surface area contributed by atoms with Gasteiger partial charge < -0.3 is 4.74 Å². The number of nitrogens with one attached hydrogen (secondary N) is 1. The highest BCUT2D eigenvalue weighted by Gasteiger charge is 2.42. The summed E-state index contributed by atoms with van der Waals surface area (Å²) in [5.41, 5.74) is 1.61. The molecule has 0 aliphatic heterocycles. The van der Waals surface area contributed by atoms with Gasteiger partial charge in [-0.05, 0) is 36.6 Å². The minimum absolute atomic E-state index is 0.110. The van der Waals surface area contributed by atoms with Crippen molar-refractivity contribution in [3.63, 3.8) is 0 Å². The van der Waals surface area contributed by atoms with Crippen LogP contribution < -0.4 is 10.2 Å². The molecule has 2 N–H and O–H groups in total. The molecule has 0 unspecified atom stereocenters. The molecule has 4 aromatic rings. The second-order valence-corrected chi connectivity index (χ2v) is 9.31. The molecule has 0 bridgehead atoms. The molecule has 0 saturated heterocycles. The number of nitrogens with zero attached hydrogens (tertiary/aromatic N) is 3. The lowest BCUT2D eigenvalue weighted by atomic mass is 9.79. The Morgan fingerprint density at radius 3 is 2.51 bits per heavy atom. The molecule has 1 aromatic carbocycles. The van der Waals surface area contributed by atoms with Crippen LogP contribution in [0.25, 0.3) is 17.0 Å². The molecule has 11 heteroatoms. The molecule has 1 saturated carbocycles. The maximum atomic E-state index is 14.0. The Bertz CT molecular complexity index is 1390. The quantitative estimate of drug-likeness (QED) is 0.279. The first-order chi connectivity index (χ1) is 16.8. The normalized spacial score (nSPS) is 15.5. The highest BCUT2D eigenvalue weighted by atomic mass is 32.1. The minimum Gasteiger partial charge on any atom is -0.497 e. The number of thiazole rings is 1. The average Bonchev–Trinajstić information content (AvgIpc) is 3.61. The van der Waals surface area contributed by atoms with E-state index in [4.69, 9.17) is 14.9 Å². The summed E-state index contributed by atoms with van der Waals surface area (Å²) in [5, 5.41) is 11.2. The molecule has 182 valence electrons. The van der Waals surface area contributed by atoms with Gasteiger partial charge in [0.15, 0.2) is 5.69 Å².